The highest BCUT2D eigenvalue weighted by molar-refractivity contribution is 5.61. The van der Waals surface area contributed by atoms with E-state index >= 15 is 0 Å². The second-order valence-electron chi connectivity index (χ2n) is 6.36. The second kappa shape index (κ2) is 6.99. The largest absolute Gasteiger partial charge is 0.353 e. The van der Waals surface area contributed by atoms with Crippen molar-refractivity contribution in [3.8, 4) is 0 Å². The Bertz CT molecular complexity index is 668. The molecule has 1 saturated heterocycles. The van der Waals surface area contributed by atoms with Crippen molar-refractivity contribution in [2.24, 2.45) is 0 Å². The van der Waals surface area contributed by atoms with E-state index in [1.54, 1.807) is 0 Å². The molecular weight excluding hydrogens is 284 g/mol. The number of aromatic nitrogens is 2. The fraction of sp³-hybridized carbons (Fsp3) is 0.474. The first-order chi connectivity index (χ1) is 11.2. The molecule has 0 spiro atoms. The average molecular weight is 310 g/mol. The number of hydrogen-bond donors (Lipinski definition) is 1. The third-order valence-electron chi connectivity index (χ3n) is 4.88. The highest BCUT2D eigenvalue weighted by Gasteiger charge is 2.22. The van der Waals surface area contributed by atoms with Crippen molar-refractivity contribution in [1.29, 1.82) is 0 Å². The molecule has 0 bridgehead atoms. The van der Waals surface area contributed by atoms with E-state index in [0.29, 0.717) is 12.0 Å². The first-order valence-electron chi connectivity index (χ1n) is 8.62. The standard InChI is InChI=1S/C19H26N4/c1-4-16-9-5-6-13-23(16)18-11-12-20-19(22-18)21-17-10-7-8-14(2)15(17)3/h7-8,10-12,16H,4-6,9,13H2,1-3H3,(H,20,21,22). The van der Waals surface area contributed by atoms with Gasteiger partial charge in [-0.2, -0.15) is 4.98 Å². The molecule has 0 aliphatic carbocycles. The van der Waals surface area contributed by atoms with Gasteiger partial charge in [0.25, 0.3) is 0 Å². The number of hydrogen-bond acceptors (Lipinski definition) is 4. The van der Waals surface area contributed by atoms with Gasteiger partial charge in [-0.25, -0.2) is 4.98 Å². The van der Waals surface area contributed by atoms with Gasteiger partial charge in [0.1, 0.15) is 5.82 Å². The van der Waals surface area contributed by atoms with Crippen LogP contribution in [0.15, 0.2) is 30.5 Å². The van der Waals surface area contributed by atoms with Crippen molar-refractivity contribution < 1.29 is 0 Å². The quantitative estimate of drug-likeness (QED) is 0.895. The number of aryl methyl sites for hydroxylation is 1. The van der Waals surface area contributed by atoms with Crippen LogP contribution >= 0.6 is 0 Å². The summed E-state index contributed by atoms with van der Waals surface area (Å²) >= 11 is 0. The lowest BCUT2D eigenvalue weighted by Gasteiger charge is -2.36. The molecule has 1 aromatic heterocycles. The predicted molar refractivity (Wildman–Crippen MR) is 96.5 cm³/mol. The van der Waals surface area contributed by atoms with Crippen LogP contribution in [0.25, 0.3) is 0 Å². The number of benzene rings is 1. The van der Waals surface area contributed by atoms with E-state index in [1.165, 1.54) is 36.8 Å². The molecule has 1 aliphatic heterocycles. The van der Waals surface area contributed by atoms with Gasteiger partial charge in [-0.1, -0.05) is 19.1 Å². The molecule has 0 saturated carbocycles. The number of nitrogens with one attached hydrogen (secondary N) is 1. The summed E-state index contributed by atoms with van der Waals surface area (Å²) in [6, 6.07) is 8.90. The molecule has 1 fully saturated rings. The fourth-order valence-corrected chi connectivity index (χ4v) is 3.30. The highest BCUT2D eigenvalue weighted by atomic mass is 15.2. The predicted octanol–water partition coefficient (Wildman–Crippen LogP) is 4.61. The smallest absolute Gasteiger partial charge is 0.229 e. The third-order valence-corrected chi connectivity index (χ3v) is 4.88. The van der Waals surface area contributed by atoms with E-state index in [1.807, 2.05) is 12.3 Å². The Morgan fingerprint density at radius 1 is 1.22 bits per heavy atom. The number of nitrogens with zero attached hydrogens (tertiary/aromatic N) is 3. The normalized spacial score (nSPS) is 18.0. The van der Waals surface area contributed by atoms with E-state index in [0.717, 1.165) is 18.1 Å². The summed E-state index contributed by atoms with van der Waals surface area (Å²) < 4.78 is 0. The van der Waals surface area contributed by atoms with Gasteiger partial charge in [-0.05, 0) is 62.8 Å². The fourth-order valence-electron chi connectivity index (χ4n) is 3.30. The molecule has 122 valence electrons. The molecule has 4 nitrogen and oxygen atoms in total. The molecule has 0 radical (unpaired) electrons. The lowest BCUT2D eigenvalue weighted by atomic mass is 10.0. The summed E-state index contributed by atoms with van der Waals surface area (Å²) in [5.41, 5.74) is 3.59. The monoisotopic (exact) mass is 310 g/mol. The Morgan fingerprint density at radius 3 is 2.91 bits per heavy atom. The van der Waals surface area contributed by atoms with Crippen molar-refractivity contribution in [1.82, 2.24) is 9.97 Å². The molecule has 1 aliphatic rings. The van der Waals surface area contributed by atoms with Crippen LogP contribution in [-0.4, -0.2) is 22.6 Å². The van der Waals surface area contributed by atoms with Crippen LogP contribution < -0.4 is 10.2 Å². The molecule has 23 heavy (non-hydrogen) atoms. The zero-order chi connectivity index (χ0) is 16.2. The maximum absolute atomic E-state index is 4.76. The molecule has 1 atom stereocenters. The van der Waals surface area contributed by atoms with Crippen molar-refractivity contribution in [3.63, 3.8) is 0 Å². The third kappa shape index (κ3) is 3.46. The van der Waals surface area contributed by atoms with Crippen LogP contribution in [0.4, 0.5) is 17.5 Å². The highest BCUT2D eigenvalue weighted by Crippen LogP contribution is 2.26. The molecule has 0 amide bonds. The minimum atomic E-state index is 0.604. The first kappa shape index (κ1) is 15.8. The number of piperidine rings is 1. The minimum Gasteiger partial charge on any atom is -0.353 e. The van der Waals surface area contributed by atoms with Gasteiger partial charge in [-0.15, -0.1) is 0 Å². The van der Waals surface area contributed by atoms with E-state index in [2.05, 4.69) is 54.2 Å². The summed E-state index contributed by atoms with van der Waals surface area (Å²) in [5, 5.41) is 3.38. The van der Waals surface area contributed by atoms with Gasteiger partial charge in [0, 0.05) is 24.5 Å². The van der Waals surface area contributed by atoms with Gasteiger partial charge in [0.05, 0.1) is 0 Å². The van der Waals surface area contributed by atoms with Gasteiger partial charge in [0.15, 0.2) is 0 Å². The van der Waals surface area contributed by atoms with E-state index in [-0.39, 0.29) is 0 Å². The van der Waals surface area contributed by atoms with Crippen LogP contribution in [0, 0.1) is 13.8 Å². The first-order valence-corrected chi connectivity index (χ1v) is 8.62. The zero-order valence-electron chi connectivity index (χ0n) is 14.3. The van der Waals surface area contributed by atoms with Crippen molar-refractivity contribution in [3.05, 3.63) is 41.6 Å². The van der Waals surface area contributed by atoms with Gasteiger partial charge in [-0.3, -0.25) is 0 Å². The Hall–Kier alpha value is -2.10. The van der Waals surface area contributed by atoms with Crippen LogP contribution in [0.1, 0.15) is 43.7 Å². The number of anilines is 3. The molecule has 3 rings (SSSR count). The van der Waals surface area contributed by atoms with Crippen molar-refractivity contribution in [2.45, 2.75) is 52.5 Å². The summed E-state index contributed by atoms with van der Waals surface area (Å²) in [5.74, 6) is 1.72. The molecule has 2 aromatic rings. The lowest BCUT2D eigenvalue weighted by Crippen LogP contribution is -2.39. The molecule has 4 heteroatoms. The topological polar surface area (TPSA) is 41.1 Å². The average Bonchev–Trinajstić information content (AvgIpc) is 2.59. The summed E-state index contributed by atoms with van der Waals surface area (Å²) in [6.45, 7) is 7.61. The van der Waals surface area contributed by atoms with Crippen LogP contribution in [0.2, 0.25) is 0 Å². The molecular formula is C19H26N4. The Balaban J connectivity index is 1.83. The molecule has 2 heterocycles. The number of rotatable bonds is 4. The Morgan fingerprint density at radius 2 is 2.09 bits per heavy atom. The van der Waals surface area contributed by atoms with E-state index < -0.39 is 0 Å². The van der Waals surface area contributed by atoms with Gasteiger partial charge >= 0.3 is 0 Å². The minimum absolute atomic E-state index is 0.604. The molecule has 1 aromatic carbocycles. The van der Waals surface area contributed by atoms with Crippen LogP contribution in [0.5, 0.6) is 0 Å². The van der Waals surface area contributed by atoms with Crippen molar-refractivity contribution >= 4 is 17.5 Å². The summed E-state index contributed by atoms with van der Waals surface area (Å²) in [7, 11) is 0. The SMILES string of the molecule is CCC1CCCCN1c1ccnc(Nc2cccc(C)c2C)n1. The van der Waals surface area contributed by atoms with E-state index in [9.17, 15) is 0 Å². The van der Waals surface area contributed by atoms with Gasteiger partial charge in [0.2, 0.25) is 5.95 Å². The van der Waals surface area contributed by atoms with Crippen LogP contribution in [-0.2, 0) is 0 Å². The summed E-state index contributed by atoms with van der Waals surface area (Å²) in [4.78, 5) is 11.6. The van der Waals surface area contributed by atoms with Crippen molar-refractivity contribution in [2.75, 3.05) is 16.8 Å². The van der Waals surface area contributed by atoms with Crippen LogP contribution in [0.3, 0.4) is 0 Å². The maximum atomic E-state index is 4.76. The summed E-state index contributed by atoms with van der Waals surface area (Å²) in [6.07, 6.45) is 6.87. The maximum Gasteiger partial charge on any atom is 0.229 e. The molecule has 1 N–H and O–H groups in total. The zero-order valence-corrected chi connectivity index (χ0v) is 14.3. The lowest BCUT2D eigenvalue weighted by molar-refractivity contribution is 0.447. The molecule has 1 unspecified atom stereocenters. The van der Waals surface area contributed by atoms with Gasteiger partial charge < -0.3 is 10.2 Å². The second-order valence-corrected chi connectivity index (χ2v) is 6.36. The Labute approximate surface area is 139 Å². The van der Waals surface area contributed by atoms with E-state index in [4.69, 9.17) is 4.98 Å². The Kier molecular flexibility index (Phi) is 4.79.